The molecule has 1 heterocycles. The largest absolute Gasteiger partial charge is 0.263 e. The lowest BCUT2D eigenvalue weighted by molar-refractivity contribution is 0.639. The maximum atomic E-state index is 6.15. The molecule has 0 aromatic carbocycles. The maximum Gasteiger partial charge on any atom is 0.0410 e. The Labute approximate surface area is 105 Å². The highest BCUT2D eigenvalue weighted by molar-refractivity contribution is 9.10. The molecule has 1 atom stereocenters. The molecule has 0 aliphatic heterocycles. The van der Waals surface area contributed by atoms with Crippen LogP contribution in [-0.2, 0) is 6.42 Å². The molecule has 1 aromatic heterocycles. The van der Waals surface area contributed by atoms with E-state index in [-0.39, 0.29) is 0 Å². The Balaban J connectivity index is 2.25. The second-order valence-electron chi connectivity index (χ2n) is 3.79. The number of hydrogen-bond donors (Lipinski definition) is 0. The number of halogens is 2. The van der Waals surface area contributed by atoms with Crippen LogP contribution in [0.25, 0.3) is 0 Å². The quantitative estimate of drug-likeness (QED) is 0.699. The van der Waals surface area contributed by atoms with E-state index in [1.165, 1.54) is 12.0 Å². The van der Waals surface area contributed by atoms with Crippen LogP contribution in [0.2, 0.25) is 0 Å². The summed E-state index contributed by atoms with van der Waals surface area (Å²) in [6.45, 7) is 2.17. The predicted molar refractivity (Wildman–Crippen MR) is 69.4 cm³/mol. The van der Waals surface area contributed by atoms with E-state index in [4.69, 9.17) is 11.6 Å². The van der Waals surface area contributed by atoms with Gasteiger partial charge in [0, 0.05) is 22.2 Å². The van der Waals surface area contributed by atoms with Crippen molar-refractivity contribution in [2.75, 3.05) is 0 Å². The normalized spacial score (nSPS) is 12.7. The maximum absolute atomic E-state index is 6.15. The number of pyridine rings is 1. The highest BCUT2D eigenvalue weighted by Crippen LogP contribution is 2.16. The van der Waals surface area contributed by atoms with Gasteiger partial charge in [-0.3, -0.25) is 4.98 Å². The average molecular weight is 291 g/mol. The molecule has 15 heavy (non-hydrogen) atoms. The molecule has 1 aromatic rings. The van der Waals surface area contributed by atoms with E-state index in [1.807, 2.05) is 12.4 Å². The van der Waals surface area contributed by atoms with E-state index >= 15 is 0 Å². The van der Waals surface area contributed by atoms with Gasteiger partial charge in [-0.1, -0.05) is 13.3 Å². The second-order valence-corrected chi connectivity index (χ2v) is 5.32. The minimum Gasteiger partial charge on any atom is -0.263 e. The minimum absolute atomic E-state index is 0.343. The molecule has 0 spiro atoms. The molecule has 0 radical (unpaired) electrons. The van der Waals surface area contributed by atoms with Gasteiger partial charge in [-0.25, -0.2) is 0 Å². The van der Waals surface area contributed by atoms with Crippen molar-refractivity contribution in [2.45, 2.75) is 44.4 Å². The van der Waals surface area contributed by atoms with Crippen molar-refractivity contribution in [1.82, 2.24) is 4.98 Å². The van der Waals surface area contributed by atoms with E-state index < -0.39 is 0 Å². The van der Waals surface area contributed by atoms with Gasteiger partial charge in [-0.15, -0.1) is 11.6 Å². The summed E-state index contributed by atoms with van der Waals surface area (Å²) >= 11 is 9.57. The average Bonchev–Trinajstić information content (AvgIpc) is 2.18. The van der Waals surface area contributed by atoms with Crippen molar-refractivity contribution in [3.8, 4) is 0 Å². The zero-order chi connectivity index (χ0) is 11.1. The highest BCUT2D eigenvalue weighted by Gasteiger charge is 2.03. The third-order valence-electron chi connectivity index (χ3n) is 2.35. The standard InChI is InChI=1S/C12H17BrClN/c1-2-4-12(14)6-3-5-10-7-11(13)9-15-8-10/h7-9,12H,2-6H2,1H3. The fourth-order valence-electron chi connectivity index (χ4n) is 1.58. The molecular formula is C12H17BrClN. The molecule has 3 heteroatoms. The number of alkyl halides is 1. The summed E-state index contributed by atoms with van der Waals surface area (Å²) in [6, 6.07) is 2.12. The third-order valence-corrected chi connectivity index (χ3v) is 3.22. The van der Waals surface area contributed by atoms with Crippen LogP contribution in [0, 0.1) is 0 Å². The molecule has 0 N–H and O–H groups in total. The van der Waals surface area contributed by atoms with Crippen LogP contribution in [0.5, 0.6) is 0 Å². The van der Waals surface area contributed by atoms with E-state index in [9.17, 15) is 0 Å². The van der Waals surface area contributed by atoms with Crippen molar-refractivity contribution in [1.29, 1.82) is 0 Å². The first-order valence-electron chi connectivity index (χ1n) is 5.46. The van der Waals surface area contributed by atoms with Gasteiger partial charge < -0.3 is 0 Å². The van der Waals surface area contributed by atoms with Crippen LogP contribution < -0.4 is 0 Å². The van der Waals surface area contributed by atoms with Gasteiger partial charge in [0.05, 0.1) is 0 Å². The Morgan fingerprint density at radius 3 is 2.87 bits per heavy atom. The van der Waals surface area contributed by atoms with Gasteiger partial charge in [0.25, 0.3) is 0 Å². The zero-order valence-electron chi connectivity index (χ0n) is 9.05. The van der Waals surface area contributed by atoms with Gasteiger partial charge in [-0.2, -0.15) is 0 Å². The van der Waals surface area contributed by atoms with Crippen molar-refractivity contribution in [3.63, 3.8) is 0 Å². The molecule has 0 aliphatic carbocycles. The second kappa shape index (κ2) is 7.24. The molecule has 0 saturated heterocycles. The monoisotopic (exact) mass is 289 g/mol. The van der Waals surface area contributed by atoms with Gasteiger partial charge in [0.15, 0.2) is 0 Å². The van der Waals surface area contributed by atoms with Crippen molar-refractivity contribution in [3.05, 3.63) is 28.5 Å². The molecule has 0 saturated carbocycles. The van der Waals surface area contributed by atoms with Crippen LogP contribution in [0.15, 0.2) is 22.9 Å². The van der Waals surface area contributed by atoms with E-state index in [0.717, 1.165) is 30.2 Å². The number of hydrogen-bond acceptors (Lipinski definition) is 1. The zero-order valence-corrected chi connectivity index (χ0v) is 11.4. The van der Waals surface area contributed by atoms with Crippen LogP contribution in [0.3, 0.4) is 0 Å². The summed E-state index contributed by atoms with van der Waals surface area (Å²) in [4.78, 5) is 4.14. The minimum atomic E-state index is 0.343. The van der Waals surface area contributed by atoms with Crippen molar-refractivity contribution in [2.24, 2.45) is 0 Å². The summed E-state index contributed by atoms with van der Waals surface area (Å²) in [6.07, 6.45) is 9.34. The number of aryl methyl sites for hydroxylation is 1. The molecule has 0 fully saturated rings. The summed E-state index contributed by atoms with van der Waals surface area (Å²) < 4.78 is 1.05. The van der Waals surface area contributed by atoms with E-state index in [0.29, 0.717) is 5.38 Å². The molecule has 1 rings (SSSR count). The molecule has 0 bridgehead atoms. The number of aromatic nitrogens is 1. The topological polar surface area (TPSA) is 12.9 Å². The Hall–Kier alpha value is -0.0800. The third kappa shape index (κ3) is 5.53. The Bertz CT molecular complexity index is 291. The fourth-order valence-corrected chi connectivity index (χ4v) is 2.36. The lowest BCUT2D eigenvalue weighted by Gasteiger charge is -2.07. The first kappa shape index (κ1) is 13.0. The molecule has 0 aliphatic rings. The van der Waals surface area contributed by atoms with Gasteiger partial charge in [0.1, 0.15) is 0 Å². The van der Waals surface area contributed by atoms with Crippen LogP contribution in [-0.4, -0.2) is 10.4 Å². The number of rotatable bonds is 6. The van der Waals surface area contributed by atoms with E-state index in [2.05, 4.69) is 33.9 Å². The van der Waals surface area contributed by atoms with Gasteiger partial charge in [-0.05, 0) is 53.2 Å². The van der Waals surface area contributed by atoms with Crippen molar-refractivity contribution < 1.29 is 0 Å². The SMILES string of the molecule is CCCC(Cl)CCCc1cncc(Br)c1. The predicted octanol–water partition coefficient (Wildman–Crippen LogP) is 4.57. The number of nitrogens with zero attached hydrogens (tertiary/aromatic N) is 1. The molecule has 1 nitrogen and oxygen atoms in total. The summed E-state index contributed by atoms with van der Waals surface area (Å²) in [5.74, 6) is 0. The van der Waals surface area contributed by atoms with Crippen molar-refractivity contribution >= 4 is 27.5 Å². The lowest BCUT2D eigenvalue weighted by Crippen LogP contribution is -1.98. The molecule has 0 amide bonds. The lowest BCUT2D eigenvalue weighted by atomic mass is 10.1. The van der Waals surface area contributed by atoms with Gasteiger partial charge in [0.2, 0.25) is 0 Å². The van der Waals surface area contributed by atoms with E-state index in [1.54, 1.807) is 0 Å². The fraction of sp³-hybridized carbons (Fsp3) is 0.583. The van der Waals surface area contributed by atoms with Gasteiger partial charge >= 0.3 is 0 Å². The summed E-state index contributed by atoms with van der Waals surface area (Å²) in [7, 11) is 0. The van der Waals surface area contributed by atoms with Crippen LogP contribution in [0.4, 0.5) is 0 Å². The molecule has 1 unspecified atom stereocenters. The summed E-state index contributed by atoms with van der Waals surface area (Å²) in [5.41, 5.74) is 1.28. The first-order chi connectivity index (χ1) is 7.22. The Kier molecular flexibility index (Phi) is 6.26. The first-order valence-corrected chi connectivity index (χ1v) is 6.68. The Morgan fingerprint density at radius 1 is 1.40 bits per heavy atom. The van der Waals surface area contributed by atoms with Crippen LogP contribution >= 0.6 is 27.5 Å². The smallest absolute Gasteiger partial charge is 0.0410 e. The molecule has 84 valence electrons. The Morgan fingerprint density at radius 2 is 2.20 bits per heavy atom. The molecular weight excluding hydrogens is 273 g/mol. The summed E-state index contributed by atoms with van der Waals surface area (Å²) in [5, 5.41) is 0.343. The highest BCUT2D eigenvalue weighted by atomic mass is 79.9. The van der Waals surface area contributed by atoms with Crippen LogP contribution in [0.1, 0.15) is 38.2 Å².